The molecule has 0 spiro atoms. The molecule has 2 amide bonds. The Labute approximate surface area is 177 Å². The molecular weight excluding hydrogens is 443 g/mol. The molecule has 0 bridgehead atoms. The lowest BCUT2D eigenvalue weighted by Crippen LogP contribution is -2.41. The topological polar surface area (TPSA) is 67.9 Å². The zero-order valence-corrected chi connectivity index (χ0v) is 17.6. The van der Waals surface area contributed by atoms with Crippen molar-refractivity contribution in [3.63, 3.8) is 0 Å². The molecule has 0 aliphatic carbocycles. The molecule has 2 aromatic carbocycles. The quantitative estimate of drug-likeness (QED) is 0.711. The summed E-state index contributed by atoms with van der Waals surface area (Å²) >= 11 is 3.21. The molecule has 29 heavy (non-hydrogen) atoms. The van der Waals surface area contributed by atoms with Crippen molar-refractivity contribution in [1.29, 1.82) is 0 Å². The first kappa shape index (κ1) is 21.3. The highest BCUT2D eigenvalue weighted by Crippen LogP contribution is 2.26. The summed E-state index contributed by atoms with van der Waals surface area (Å²) in [4.78, 5) is 26.5. The van der Waals surface area contributed by atoms with Gasteiger partial charge in [0.05, 0.1) is 24.1 Å². The Balaban J connectivity index is 1.53. The van der Waals surface area contributed by atoms with Crippen molar-refractivity contribution in [1.82, 2.24) is 4.90 Å². The Hall–Kier alpha value is -2.45. The second-order valence-corrected chi connectivity index (χ2v) is 7.55. The number of benzene rings is 2. The highest BCUT2D eigenvalue weighted by molar-refractivity contribution is 9.10. The van der Waals surface area contributed by atoms with E-state index in [-0.39, 0.29) is 11.8 Å². The van der Waals surface area contributed by atoms with Gasteiger partial charge in [0, 0.05) is 18.8 Å². The van der Waals surface area contributed by atoms with Crippen LogP contribution in [0, 0.1) is 5.82 Å². The lowest BCUT2D eigenvalue weighted by molar-refractivity contribution is -0.134. The van der Waals surface area contributed by atoms with Crippen LogP contribution in [0.1, 0.15) is 12.5 Å². The summed E-state index contributed by atoms with van der Waals surface area (Å²) in [6.45, 7) is 4.00. The van der Waals surface area contributed by atoms with Crippen LogP contribution >= 0.6 is 15.9 Å². The Bertz CT molecular complexity index is 869. The van der Waals surface area contributed by atoms with Crippen LogP contribution in [0.3, 0.4) is 0 Å². The summed E-state index contributed by atoms with van der Waals surface area (Å²) in [5.41, 5.74) is 1.48. The predicted octanol–water partition coefficient (Wildman–Crippen LogP) is 3.40. The number of nitrogens with one attached hydrogen (secondary N) is 1. The predicted molar refractivity (Wildman–Crippen MR) is 110 cm³/mol. The average molecular weight is 465 g/mol. The Morgan fingerprint density at radius 3 is 2.55 bits per heavy atom. The maximum absolute atomic E-state index is 13.2. The van der Waals surface area contributed by atoms with Gasteiger partial charge in [-0.05, 0) is 58.7 Å². The number of carbonyl (C=O) groups excluding carboxylic acids is 2. The number of ether oxygens (including phenoxy) is 2. The van der Waals surface area contributed by atoms with Crippen molar-refractivity contribution in [2.45, 2.75) is 19.4 Å². The second kappa shape index (κ2) is 9.84. The van der Waals surface area contributed by atoms with Crippen molar-refractivity contribution in [3.05, 3.63) is 58.3 Å². The Kier molecular flexibility index (Phi) is 7.22. The van der Waals surface area contributed by atoms with Crippen LogP contribution < -0.4 is 10.1 Å². The van der Waals surface area contributed by atoms with Gasteiger partial charge in [-0.2, -0.15) is 0 Å². The SMILES string of the molecule is CC(Oc1ccc(F)cc1Br)C(=O)Nc1ccc(CC(=O)N2CCOCC2)cc1. The largest absolute Gasteiger partial charge is 0.480 e. The van der Waals surface area contributed by atoms with Crippen LogP contribution in [0.2, 0.25) is 0 Å². The van der Waals surface area contributed by atoms with Gasteiger partial charge in [0.25, 0.3) is 5.91 Å². The summed E-state index contributed by atoms with van der Waals surface area (Å²) in [5, 5.41) is 2.77. The summed E-state index contributed by atoms with van der Waals surface area (Å²) in [6, 6.07) is 11.1. The van der Waals surface area contributed by atoms with E-state index in [1.54, 1.807) is 24.0 Å². The number of hydrogen-bond acceptors (Lipinski definition) is 4. The van der Waals surface area contributed by atoms with Crippen molar-refractivity contribution in [3.8, 4) is 5.75 Å². The van der Waals surface area contributed by atoms with Gasteiger partial charge in [-0.1, -0.05) is 12.1 Å². The third kappa shape index (κ3) is 6.01. The highest BCUT2D eigenvalue weighted by Gasteiger charge is 2.18. The van der Waals surface area contributed by atoms with Crippen LogP contribution in [0.4, 0.5) is 10.1 Å². The molecule has 0 radical (unpaired) electrons. The summed E-state index contributed by atoms with van der Waals surface area (Å²) in [5.74, 6) is -0.283. The van der Waals surface area contributed by atoms with Gasteiger partial charge in [-0.3, -0.25) is 9.59 Å². The second-order valence-electron chi connectivity index (χ2n) is 6.69. The first-order valence-corrected chi connectivity index (χ1v) is 10.1. The van der Waals surface area contributed by atoms with Gasteiger partial charge in [-0.25, -0.2) is 4.39 Å². The van der Waals surface area contributed by atoms with Gasteiger partial charge in [0.15, 0.2) is 6.10 Å². The lowest BCUT2D eigenvalue weighted by atomic mass is 10.1. The summed E-state index contributed by atoms with van der Waals surface area (Å²) in [7, 11) is 0. The van der Waals surface area contributed by atoms with E-state index in [1.807, 2.05) is 12.1 Å². The first-order chi connectivity index (χ1) is 13.9. The maximum atomic E-state index is 13.2. The molecule has 1 atom stereocenters. The maximum Gasteiger partial charge on any atom is 0.265 e. The van der Waals surface area contributed by atoms with E-state index in [0.717, 1.165) is 5.56 Å². The van der Waals surface area contributed by atoms with E-state index >= 15 is 0 Å². The van der Waals surface area contributed by atoms with E-state index in [9.17, 15) is 14.0 Å². The molecule has 0 saturated carbocycles. The van der Waals surface area contributed by atoms with Crippen molar-refractivity contribution in [2.75, 3.05) is 31.6 Å². The monoisotopic (exact) mass is 464 g/mol. The normalized spacial score (nSPS) is 14.9. The molecule has 1 aliphatic rings. The molecule has 0 aromatic heterocycles. The molecule has 1 unspecified atom stereocenters. The van der Waals surface area contributed by atoms with Crippen molar-refractivity contribution < 1.29 is 23.5 Å². The van der Waals surface area contributed by atoms with E-state index in [2.05, 4.69) is 21.2 Å². The zero-order valence-electron chi connectivity index (χ0n) is 16.0. The lowest BCUT2D eigenvalue weighted by Gasteiger charge is -2.26. The van der Waals surface area contributed by atoms with E-state index in [4.69, 9.17) is 9.47 Å². The zero-order chi connectivity index (χ0) is 20.8. The first-order valence-electron chi connectivity index (χ1n) is 9.29. The van der Waals surface area contributed by atoms with E-state index in [0.29, 0.717) is 48.6 Å². The standard InChI is InChI=1S/C21H22BrFN2O4/c1-14(29-19-7-4-16(23)13-18(19)22)21(27)24-17-5-2-15(3-6-17)12-20(26)25-8-10-28-11-9-25/h2-7,13-14H,8-12H2,1H3,(H,24,27). The van der Waals surface area contributed by atoms with Gasteiger partial charge in [0.2, 0.25) is 5.91 Å². The van der Waals surface area contributed by atoms with Gasteiger partial charge in [0.1, 0.15) is 11.6 Å². The fourth-order valence-electron chi connectivity index (χ4n) is 2.86. The van der Waals surface area contributed by atoms with Crippen molar-refractivity contribution >= 4 is 33.4 Å². The molecule has 8 heteroatoms. The third-order valence-electron chi connectivity index (χ3n) is 4.51. The van der Waals surface area contributed by atoms with Crippen LogP contribution in [0.5, 0.6) is 5.75 Å². The molecule has 1 aliphatic heterocycles. The summed E-state index contributed by atoms with van der Waals surface area (Å²) < 4.78 is 24.4. The highest BCUT2D eigenvalue weighted by atomic mass is 79.9. The smallest absolute Gasteiger partial charge is 0.265 e. The fraction of sp³-hybridized carbons (Fsp3) is 0.333. The minimum Gasteiger partial charge on any atom is -0.480 e. The molecule has 1 saturated heterocycles. The fourth-order valence-corrected chi connectivity index (χ4v) is 3.31. The molecular formula is C21H22BrFN2O4. The number of carbonyl (C=O) groups is 2. The van der Waals surface area contributed by atoms with Gasteiger partial charge < -0.3 is 19.7 Å². The van der Waals surface area contributed by atoms with Crippen molar-refractivity contribution in [2.24, 2.45) is 0 Å². The molecule has 1 heterocycles. The molecule has 3 rings (SSSR count). The number of anilines is 1. The Morgan fingerprint density at radius 2 is 1.90 bits per heavy atom. The average Bonchev–Trinajstić information content (AvgIpc) is 2.72. The van der Waals surface area contributed by atoms with Crippen LogP contribution in [-0.4, -0.2) is 49.1 Å². The number of hydrogen-bond donors (Lipinski definition) is 1. The number of rotatable bonds is 6. The molecule has 1 N–H and O–H groups in total. The van der Waals surface area contributed by atoms with Gasteiger partial charge in [-0.15, -0.1) is 0 Å². The Morgan fingerprint density at radius 1 is 1.21 bits per heavy atom. The molecule has 1 fully saturated rings. The minimum atomic E-state index is -0.778. The molecule has 2 aromatic rings. The van der Waals surface area contributed by atoms with E-state index < -0.39 is 11.9 Å². The molecule has 6 nitrogen and oxygen atoms in total. The van der Waals surface area contributed by atoms with Crippen LogP contribution in [-0.2, 0) is 20.7 Å². The number of amides is 2. The number of halogens is 2. The van der Waals surface area contributed by atoms with Crippen LogP contribution in [0.25, 0.3) is 0 Å². The van der Waals surface area contributed by atoms with Gasteiger partial charge >= 0.3 is 0 Å². The minimum absolute atomic E-state index is 0.0667. The molecule has 154 valence electrons. The van der Waals surface area contributed by atoms with E-state index in [1.165, 1.54) is 18.2 Å². The third-order valence-corrected chi connectivity index (χ3v) is 5.13. The summed E-state index contributed by atoms with van der Waals surface area (Å²) in [6.07, 6.45) is -0.467. The number of nitrogens with zero attached hydrogens (tertiary/aromatic N) is 1. The number of morpholine rings is 1. The van der Waals surface area contributed by atoms with Crippen LogP contribution in [0.15, 0.2) is 46.9 Å².